The lowest BCUT2D eigenvalue weighted by Gasteiger charge is -2.20. The number of nitrogens with zero attached hydrogens (tertiary/aromatic N) is 2. The van der Waals surface area contributed by atoms with Crippen LogP contribution in [-0.4, -0.2) is 49.3 Å². The van der Waals surface area contributed by atoms with Gasteiger partial charge in [-0.25, -0.2) is 0 Å². The minimum absolute atomic E-state index is 0. The fourth-order valence-corrected chi connectivity index (χ4v) is 1.43. The van der Waals surface area contributed by atoms with E-state index in [1.165, 1.54) is 12.8 Å². The number of rotatable bonds is 2. The minimum Gasteiger partial charge on any atom is -0.395 e. The number of aliphatic imine (C=N–C) groups is 1. The van der Waals surface area contributed by atoms with Crippen LogP contribution in [-0.2, 0) is 0 Å². The topological polar surface area (TPSA) is 47.9 Å². The fraction of sp³-hybridized carbons (Fsp3) is 0.875. The average molecular weight is 299 g/mol. The first kappa shape index (κ1) is 13.0. The maximum Gasteiger partial charge on any atom is 0.193 e. The van der Waals surface area contributed by atoms with Crippen LogP contribution in [0.15, 0.2) is 4.99 Å². The maximum absolute atomic E-state index is 8.62. The highest BCUT2D eigenvalue weighted by atomic mass is 127. The Bertz CT molecular complexity index is 157. The van der Waals surface area contributed by atoms with Crippen LogP contribution in [0, 0.1) is 0 Å². The first-order chi connectivity index (χ1) is 5.88. The van der Waals surface area contributed by atoms with Crippen LogP contribution in [0.2, 0.25) is 0 Å². The normalized spacial score (nSPS) is 17.1. The van der Waals surface area contributed by atoms with Crippen LogP contribution >= 0.6 is 24.0 Å². The van der Waals surface area contributed by atoms with Gasteiger partial charge in [0.1, 0.15) is 0 Å². The van der Waals surface area contributed by atoms with Crippen molar-refractivity contribution in [1.29, 1.82) is 0 Å². The Hall–Kier alpha value is -0.0400. The van der Waals surface area contributed by atoms with Crippen molar-refractivity contribution in [2.45, 2.75) is 12.8 Å². The molecule has 1 heterocycles. The van der Waals surface area contributed by atoms with Crippen molar-refractivity contribution >= 4 is 29.9 Å². The highest BCUT2D eigenvalue weighted by molar-refractivity contribution is 14.0. The Morgan fingerprint density at radius 3 is 2.54 bits per heavy atom. The summed E-state index contributed by atoms with van der Waals surface area (Å²) in [6.07, 6.45) is 2.50. The van der Waals surface area contributed by atoms with Crippen molar-refractivity contribution in [3.05, 3.63) is 0 Å². The van der Waals surface area contributed by atoms with Crippen molar-refractivity contribution in [3.63, 3.8) is 0 Å². The fourth-order valence-electron chi connectivity index (χ4n) is 1.43. The van der Waals surface area contributed by atoms with E-state index in [1.54, 1.807) is 7.05 Å². The monoisotopic (exact) mass is 299 g/mol. The summed E-state index contributed by atoms with van der Waals surface area (Å²) >= 11 is 0. The number of likely N-dealkylation sites (tertiary alicyclic amines) is 1. The van der Waals surface area contributed by atoms with E-state index in [-0.39, 0.29) is 30.6 Å². The summed E-state index contributed by atoms with van der Waals surface area (Å²) in [5.41, 5.74) is 0. The summed E-state index contributed by atoms with van der Waals surface area (Å²) in [6.45, 7) is 2.92. The lowest BCUT2D eigenvalue weighted by molar-refractivity contribution is 0.298. The van der Waals surface area contributed by atoms with Gasteiger partial charge >= 0.3 is 0 Å². The van der Waals surface area contributed by atoms with E-state index in [9.17, 15) is 0 Å². The van der Waals surface area contributed by atoms with Gasteiger partial charge in [-0.3, -0.25) is 4.99 Å². The molecule has 5 heteroatoms. The number of aliphatic hydroxyl groups is 1. The highest BCUT2D eigenvalue weighted by Crippen LogP contribution is 2.06. The van der Waals surface area contributed by atoms with Crippen molar-refractivity contribution in [1.82, 2.24) is 10.2 Å². The summed E-state index contributed by atoms with van der Waals surface area (Å²) < 4.78 is 0. The second kappa shape index (κ2) is 7.37. The van der Waals surface area contributed by atoms with Gasteiger partial charge in [0.15, 0.2) is 5.96 Å². The van der Waals surface area contributed by atoms with E-state index >= 15 is 0 Å². The molecule has 0 atom stereocenters. The molecule has 4 nitrogen and oxygen atoms in total. The van der Waals surface area contributed by atoms with E-state index in [0.717, 1.165) is 19.0 Å². The summed E-state index contributed by atoms with van der Waals surface area (Å²) in [5.74, 6) is 0.918. The molecule has 1 aliphatic rings. The molecule has 0 amide bonds. The SMILES string of the molecule is CN=C(NCCO)N1CCCC1.I. The van der Waals surface area contributed by atoms with Gasteiger partial charge in [-0.15, -0.1) is 24.0 Å². The highest BCUT2D eigenvalue weighted by Gasteiger charge is 2.14. The molecule has 0 bridgehead atoms. The van der Waals surface area contributed by atoms with E-state index in [0.29, 0.717) is 6.54 Å². The lowest BCUT2D eigenvalue weighted by atomic mass is 10.4. The van der Waals surface area contributed by atoms with Crippen LogP contribution < -0.4 is 5.32 Å². The van der Waals surface area contributed by atoms with E-state index < -0.39 is 0 Å². The van der Waals surface area contributed by atoms with E-state index in [4.69, 9.17) is 5.11 Å². The van der Waals surface area contributed by atoms with Gasteiger partial charge in [-0.1, -0.05) is 0 Å². The minimum atomic E-state index is 0. The van der Waals surface area contributed by atoms with Crippen LogP contribution in [0.3, 0.4) is 0 Å². The largest absolute Gasteiger partial charge is 0.395 e. The standard InChI is InChI=1S/C8H17N3O.HI/c1-9-8(10-4-7-12)11-5-2-3-6-11;/h12H,2-7H2,1H3,(H,9,10);1H. The Morgan fingerprint density at radius 2 is 2.08 bits per heavy atom. The van der Waals surface area contributed by atoms with Crippen LogP contribution in [0.1, 0.15) is 12.8 Å². The van der Waals surface area contributed by atoms with Gasteiger partial charge in [0.05, 0.1) is 6.61 Å². The first-order valence-corrected chi connectivity index (χ1v) is 4.45. The molecule has 1 fully saturated rings. The molecule has 13 heavy (non-hydrogen) atoms. The van der Waals surface area contributed by atoms with Crippen molar-refractivity contribution in [2.24, 2.45) is 4.99 Å². The third-order valence-electron chi connectivity index (χ3n) is 2.01. The smallest absolute Gasteiger partial charge is 0.193 e. The van der Waals surface area contributed by atoms with Gasteiger partial charge in [-0.05, 0) is 12.8 Å². The molecule has 0 aromatic heterocycles. The zero-order chi connectivity index (χ0) is 8.81. The Labute approximate surface area is 96.4 Å². The zero-order valence-electron chi connectivity index (χ0n) is 7.99. The molecular weight excluding hydrogens is 281 g/mol. The molecule has 0 unspecified atom stereocenters. The molecule has 1 rings (SSSR count). The molecule has 0 aliphatic carbocycles. The molecule has 1 aliphatic heterocycles. The molecular formula is C8H18IN3O. The summed E-state index contributed by atoms with van der Waals surface area (Å²) in [5, 5.41) is 11.7. The third kappa shape index (κ3) is 4.12. The molecule has 0 spiro atoms. The predicted octanol–water partition coefficient (Wildman–Crippen LogP) is 0.268. The van der Waals surface area contributed by atoms with Crippen molar-refractivity contribution in [2.75, 3.05) is 33.3 Å². The third-order valence-corrected chi connectivity index (χ3v) is 2.01. The van der Waals surface area contributed by atoms with E-state index in [1.807, 2.05) is 0 Å². The molecule has 0 saturated carbocycles. The molecule has 2 N–H and O–H groups in total. The average Bonchev–Trinajstić information content (AvgIpc) is 2.59. The molecule has 1 saturated heterocycles. The number of hydrogen-bond donors (Lipinski definition) is 2. The zero-order valence-corrected chi connectivity index (χ0v) is 10.3. The van der Waals surface area contributed by atoms with Crippen molar-refractivity contribution < 1.29 is 5.11 Å². The van der Waals surface area contributed by atoms with Crippen LogP contribution in [0.4, 0.5) is 0 Å². The van der Waals surface area contributed by atoms with Gasteiger partial charge in [0.2, 0.25) is 0 Å². The molecule has 0 aromatic carbocycles. The lowest BCUT2D eigenvalue weighted by Crippen LogP contribution is -2.40. The maximum atomic E-state index is 8.62. The number of hydrogen-bond acceptors (Lipinski definition) is 2. The number of halogens is 1. The Kier molecular flexibility index (Phi) is 7.35. The number of guanidine groups is 1. The van der Waals surface area contributed by atoms with Gasteiger partial charge < -0.3 is 15.3 Å². The Morgan fingerprint density at radius 1 is 1.46 bits per heavy atom. The van der Waals surface area contributed by atoms with Gasteiger partial charge in [-0.2, -0.15) is 0 Å². The molecule has 78 valence electrons. The van der Waals surface area contributed by atoms with Crippen molar-refractivity contribution in [3.8, 4) is 0 Å². The second-order valence-electron chi connectivity index (χ2n) is 2.89. The van der Waals surface area contributed by atoms with E-state index in [2.05, 4.69) is 15.2 Å². The summed E-state index contributed by atoms with van der Waals surface area (Å²) in [7, 11) is 1.78. The first-order valence-electron chi connectivity index (χ1n) is 4.45. The quantitative estimate of drug-likeness (QED) is 0.437. The summed E-state index contributed by atoms with van der Waals surface area (Å²) in [6, 6.07) is 0. The molecule has 0 radical (unpaired) electrons. The predicted molar refractivity (Wildman–Crippen MR) is 64.7 cm³/mol. The van der Waals surface area contributed by atoms with Crippen LogP contribution in [0.25, 0.3) is 0 Å². The van der Waals surface area contributed by atoms with Gasteiger partial charge in [0, 0.05) is 26.7 Å². The Balaban J connectivity index is 0.00000144. The number of nitrogens with one attached hydrogen (secondary N) is 1. The van der Waals surface area contributed by atoms with Crippen LogP contribution in [0.5, 0.6) is 0 Å². The second-order valence-corrected chi connectivity index (χ2v) is 2.89. The number of aliphatic hydroxyl groups excluding tert-OH is 1. The van der Waals surface area contributed by atoms with Gasteiger partial charge in [0.25, 0.3) is 0 Å². The molecule has 0 aromatic rings. The summed E-state index contributed by atoms with van der Waals surface area (Å²) in [4.78, 5) is 6.35.